The minimum absolute atomic E-state index is 1.04. The predicted octanol–water partition coefficient (Wildman–Crippen LogP) is 4.98. The summed E-state index contributed by atoms with van der Waals surface area (Å²) >= 11 is 0. The molecule has 2 aromatic heterocycles. The summed E-state index contributed by atoms with van der Waals surface area (Å²) in [7, 11) is 2.23. The molecule has 0 amide bonds. The van der Waals surface area contributed by atoms with Crippen molar-refractivity contribution < 1.29 is 0 Å². The van der Waals surface area contributed by atoms with Gasteiger partial charge in [-0.1, -0.05) is 11.6 Å². The van der Waals surface area contributed by atoms with E-state index < -0.39 is 0 Å². The van der Waals surface area contributed by atoms with Gasteiger partial charge < -0.3 is 9.47 Å². The van der Waals surface area contributed by atoms with Crippen LogP contribution in [0.25, 0.3) is 22.7 Å². The SMILES string of the molecule is Cc1ccc2c(c1)c1c(n2/C=C2\CCCc3cc(C)ncc32)CCN(C)C1. The van der Waals surface area contributed by atoms with Crippen molar-refractivity contribution in [3.8, 4) is 0 Å². The molecule has 0 saturated heterocycles. The number of aromatic nitrogens is 2. The lowest BCUT2D eigenvalue weighted by Crippen LogP contribution is -2.26. The molecule has 2 aliphatic rings. The van der Waals surface area contributed by atoms with E-state index in [4.69, 9.17) is 0 Å². The Bertz CT molecular complexity index is 1070. The van der Waals surface area contributed by atoms with Gasteiger partial charge in [-0.2, -0.15) is 0 Å². The van der Waals surface area contributed by atoms with Crippen LogP contribution in [0.5, 0.6) is 0 Å². The average Bonchev–Trinajstić information content (AvgIpc) is 2.94. The third-order valence-electron chi connectivity index (χ3n) is 6.18. The quantitative estimate of drug-likeness (QED) is 0.613. The molecule has 138 valence electrons. The van der Waals surface area contributed by atoms with E-state index in [0.717, 1.165) is 31.6 Å². The molecule has 0 bridgehead atoms. The second kappa shape index (κ2) is 6.35. The van der Waals surface area contributed by atoms with E-state index in [2.05, 4.69) is 72.0 Å². The van der Waals surface area contributed by atoms with Gasteiger partial charge in [0.1, 0.15) is 0 Å². The first-order chi connectivity index (χ1) is 13.1. The van der Waals surface area contributed by atoms with Crippen molar-refractivity contribution >= 4 is 22.7 Å². The van der Waals surface area contributed by atoms with E-state index in [-0.39, 0.29) is 0 Å². The van der Waals surface area contributed by atoms with Crippen LogP contribution in [0.1, 0.15) is 46.5 Å². The van der Waals surface area contributed by atoms with Crippen LogP contribution in [0.4, 0.5) is 0 Å². The first kappa shape index (κ1) is 16.8. The second-order valence-corrected chi connectivity index (χ2v) is 8.29. The molecule has 3 heterocycles. The standard InChI is InChI=1S/C24H27N3/c1-16-7-8-23-20(11-16)22-15-26(3)10-9-24(22)27(23)14-19-6-4-5-18-12-17(2)25-13-21(18)19/h7-8,11-14H,4-6,9-10,15H2,1-3H3/b19-14+. The van der Waals surface area contributed by atoms with Crippen LogP contribution in [0.15, 0.2) is 30.5 Å². The Labute approximate surface area is 161 Å². The molecule has 0 N–H and O–H groups in total. The molecule has 0 unspecified atom stereocenters. The van der Waals surface area contributed by atoms with Gasteiger partial charge in [0, 0.05) is 54.2 Å². The van der Waals surface area contributed by atoms with E-state index >= 15 is 0 Å². The van der Waals surface area contributed by atoms with Gasteiger partial charge in [-0.3, -0.25) is 4.98 Å². The van der Waals surface area contributed by atoms with Crippen LogP contribution in [0, 0.1) is 13.8 Å². The van der Waals surface area contributed by atoms with Gasteiger partial charge >= 0.3 is 0 Å². The van der Waals surface area contributed by atoms with Crippen molar-refractivity contribution in [1.82, 2.24) is 14.5 Å². The van der Waals surface area contributed by atoms with Crippen LogP contribution in [0.2, 0.25) is 0 Å². The number of aryl methyl sites for hydroxylation is 3. The largest absolute Gasteiger partial charge is 0.320 e. The number of pyridine rings is 1. The van der Waals surface area contributed by atoms with E-state index in [1.807, 2.05) is 0 Å². The van der Waals surface area contributed by atoms with Gasteiger partial charge in [-0.25, -0.2) is 0 Å². The lowest BCUT2D eigenvalue weighted by molar-refractivity contribution is 0.312. The van der Waals surface area contributed by atoms with Crippen molar-refractivity contribution in [2.45, 2.75) is 46.1 Å². The topological polar surface area (TPSA) is 21.1 Å². The van der Waals surface area contributed by atoms with Crippen molar-refractivity contribution in [3.63, 3.8) is 0 Å². The highest BCUT2D eigenvalue weighted by Gasteiger charge is 2.23. The maximum atomic E-state index is 4.59. The van der Waals surface area contributed by atoms with Crippen molar-refractivity contribution in [3.05, 3.63) is 64.1 Å². The molecular weight excluding hydrogens is 330 g/mol. The highest BCUT2D eigenvalue weighted by atomic mass is 15.1. The maximum absolute atomic E-state index is 4.59. The molecule has 0 fully saturated rings. The van der Waals surface area contributed by atoms with Gasteiger partial charge in [-0.05, 0) is 75.1 Å². The molecule has 0 atom stereocenters. The summed E-state index contributed by atoms with van der Waals surface area (Å²) in [6, 6.07) is 9.18. The summed E-state index contributed by atoms with van der Waals surface area (Å²) in [5.41, 5.74) is 11.1. The van der Waals surface area contributed by atoms with E-state index in [1.165, 1.54) is 57.3 Å². The molecule has 27 heavy (non-hydrogen) atoms. The molecule has 0 spiro atoms. The predicted molar refractivity (Wildman–Crippen MR) is 113 cm³/mol. The lowest BCUT2D eigenvalue weighted by Gasteiger charge is -2.24. The molecule has 3 aromatic rings. The lowest BCUT2D eigenvalue weighted by atomic mass is 9.89. The zero-order chi connectivity index (χ0) is 18.5. The molecule has 0 saturated carbocycles. The van der Waals surface area contributed by atoms with Crippen LogP contribution < -0.4 is 0 Å². The van der Waals surface area contributed by atoms with Gasteiger partial charge in [-0.15, -0.1) is 0 Å². The maximum Gasteiger partial charge on any atom is 0.0529 e. The summed E-state index contributed by atoms with van der Waals surface area (Å²) < 4.78 is 2.49. The number of hydrogen-bond acceptors (Lipinski definition) is 2. The van der Waals surface area contributed by atoms with E-state index in [9.17, 15) is 0 Å². The Morgan fingerprint density at radius 1 is 1.07 bits per heavy atom. The van der Waals surface area contributed by atoms with Crippen LogP contribution in [0.3, 0.4) is 0 Å². The highest BCUT2D eigenvalue weighted by molar-refractivity contribution is 5.91. The van der Waals surface area contributed by atoms with Crippen LogP contribution in [-0.4, -0.2) is 28.0 Å². The normalized spacial score (nSPS) is 18.7. The third-order valence-corrected chi connectivity index (χ3v) is 6.18. The number of hydrogen-bond donors (Lipinski definition) is 0. The summed E-state index contributed by atoms with van der Waals surface area (Å²) in [5, 5.41) is 1.42. The zero-order valence-electron chi connectivity index (χ0n) is 16.5. The Balaban J connectivity index is 1.72. The van der Waals surface area contributed by atoms with E-state index in [0.29, 0.717) is 0 Å². The van der Waals surface area contributed by atoms with E-state index in [1.54, 1.807) is 0 Å². The number of benzene rings is 1. The van der Waals surface area contributed by atoms with Gasteiger partial charge in [0.15, 0.2) is 0 Å². The smallest absolute Gasteiger partial charge is 0.0529 e. The van der Waals surface area contributed by atoms with Crippen molar-refractivity contribution in [2.24, 2.45) is 0 Å². The summed E-state index contributed by atoms with van der Waals surface area (Å²) in [6.07, 6.45) is 9.15. The number of nitrogens with zero attached hydrogens (tertiary/aromatic N) is 3. The fourth-order valence-electron chi connectivity index (χ4n) is 4.80. The molecule has 1 aliphatic carbocycles. The van der Waals surface area contributed by atoms with Crippen molar-refractivity contribution in [2.75, 3.05) is 13.6 Å². The molecular formula is C24H27N3. The Morgan fingerprint density at radius 3 is 2.85 bits per heavy atom. The van der Waals surface area contributed by atoms with Gasteiger partial charge in [0.2, 0.25) is 0 Å². The first-order valence-electron chi connectivity index (χ1n) is 10.1. The molecule has 0 radical (unpaired) electrons. The molecule has 1 aliphatic heterocycles. The van der Waals surface area contributed by atoms with Crippen molar-refractivity contribution in [1.29, 1.82) is 0 Å². The number of allylic oxidation sites excluding steroid dienone is 1. The molecule has 3 heteroatoms. The fourth-order valence-corrected chi connectivity index (χ4v) is 4.80. The Hall–Kier alpha value is -2.39. The van der Waals surface area contributed by atoms with Gasteiger partial charge in [0.25, 0.3) is 0 Å². The summed E-state index contributed by atoms with van der Waals surface area (Å²) in [4.78, 5) is 7.02. The fraction of sp³-hybridized carbons (Fsp3) is 0.375. The van der Waals surface area contributed by atoms with Gasteiger partial charge in [0.05, 0.1) is 5.52 Å². The summed E-state index contributed by atoms with van der Waals surface area (Å²) in [6.45, 7) is 6.46. The number of likely N-dealkylation sites (N-methyl/N-ethyl adjacent to an activating group) is 1. The molecule has 1 aromatic carbocycles. The van der Waals surface area contributed by atoms with Crippen LogP contribution in [-0.2, 0) is 19.4 Å². The second-order valence-electron chi connectivity index (χ2n) is 8.29. The zero-order valence-corrected chi connectivity index (χ0v) is 16.5. The first-order valence-corrected chi connectivity index (χ1v) is 10.1. The Morgan fingerprint density at radius 2 is 1.96 bits per heavy atom. The number of fused-ring (bicyclic) bond motifs is 4. The molecule has 5 rings (SSSR count). The third kappa shape index (κ3) is 2.81. The minimum Gasteiger partial charge on any atom is -0.320 e. The average molecular weight is 358 g/mol. The minimum atomic E-state index is 1.04. The Kier molecular flexibility index (Phi) is 3.94. The monoisotopic (exact) mass is 357 g/mol. The number of rotatable bonds is 1. The molecule has 3 nitrogen and oxygen atoms in total. The highest BCUT2D eigenvalue weighted by Crippen LogP contribution is 2.35. The summed E-state index contributed by atoms with van der Waals surface area (Å²) in [5.74, 6) is 0. The van der Waals surface area contributed by atoms with Crippen LogP contribution >= 0.6 is 0 Å².